The summed E-state index contributed by atoms with van der Waals surface area (Å²) in [5, 5.41) is 29.4. The lowest BCUT2D eigenvalue weighted by molar-refractivity contribution is -0.0530. The van der Waals surface area contributed by atoms with Crippen molar-refractivity contribution in [2.75, 3.05) is 19.5 Å². The summed E-state index contributed by atoms with van der Waals surface area (Å²) in [7, 11) is -2.86. The van der Waals surface area contributed by atoms with Gasteiger partial charge >= 0.3 is 10.3 Å². The lowest BCUT2D eigenvalue weighted by atomic mass is 10.1. The minimum atomic E-state index is -4.23. The van der Waals surface area contributed by atoms with Gasteiger partial charge in [0.2, 0.25) is 5.88 Å². The second kappa shape index (κ2) is 6.32. The van der Waals surface area contributed by atoms with Gasteiger partial charge in [0, 0.05) is 0 Å². The SMILES string of the molecule is COc1nn([C@@H]2O[C@H](COS(N)(=O)=O)[C@@H](O)[C@H]2O)c2ncnc(N)c12. The van der Waals surface area contributed by atoms with Crippen molar-refractivity contribution in [2.24, 2.45) is 5.14 Å². The standard InChI is InChI=1S/C11H16N6O7S/c1-22-10-5-8(12)14-3-15-9(5)17(16-10)11-7(19)6(18)4(24-11)2-23-25(13,20)21/h3-4,6-7,11,18-19H,2H2,1H3,(H2,12,14,15)(H2,13,20,21)/t4-,6-,7-,11-/m1/s1. The number of aliphatic hydroxyl groups excluding tert-OH is 2. The fraction of sp³-hybridized carbons (Fsp3) is 0.545. The monoisotopic (exact) mass is 376 g/mol. The number of methoxy groups -OCH3 is 1. The van der Waals surface area contributed by atoms with Gasteiger partial charge in [0.15, 0.2) is 11.9 Å². The maximum atomic E-state index is 10.9. The summed E-state index contributed by atoms with van der Waals surface area (Å²) in [6, 6.07) is 0. The van der Waals surface area contributed by atoms with Gasteiger partial charge in [-0.05, 0) is 0 Å². The largest absolute Gasteiger partial charge is 0.479 e. The fourth-order valence-electron chi connectivity index (χ4n) is 2.51. The molecule has 0 aromatic carbocycles. The van der Waals surface area contributed by atoms with Gasteiger partial charge in [-0.1, -0.05) is 0 Å². The number of ether oxygens (including phenoxy) is 2. The van der Waals surface area contributed by atoms with Crippen molar-refractivity contribution >= 4 is 27.2 Å². The highest BCUT2D eigenvalue weighted by Crippen LogP contribution is 2.35. The Labute approximate surface area is 141 Å². The molecule has 0 bridgehead atoms. The Morgan fingerprint density at radius 1 is 1.36 bits per heavy atom. The number of nitrogen functional groups attached to an aromatic ring is 1. The van der Waals surface area contributed by atoms with Crippen LogP contribution in [-0.2, 0) is 19.2 Å². The highest BCUT2D eigenvalue weighted by molar-refractivity contribution is 7.84. The molecule has 1 saturated heterocycles. The number of hydrogen-bond donors (Lipinski definition) is 4. The molecule has 4 atom stereocenters. The molecule has 1 fully saturated rings. The van der Waals surface area contributed by atoms with Gasteiger partial charge in [0.1, 0.15) is 35.8 Å². The van der Waals surface area contributed by atoms with Crippen LogP contribution < -0.4 is 15.6 Å². The highest BCUT2D eigenvalue weighted by Gasteiger charge is 2.45. The summed E-state index contributed by atoms with van der Waals surface area (Å²) in [5.41, 5.74) is 5.99. The summed E-state index contributed by atoms with van der Waals surface area (Å²) in [4.78, 5) is 7.88. The molecule has 6 N–H and O–H groups in total. The smallest absolute Gasteiger partial charge is 0.333 e. The van der Waals surface area contributed by atoms with Gasteiger partial charge in [-0.25, -0.2) is 19.8 Å². The lowest BCUT2D eigenvalue weighted by Crippen LogP contribution is -2.35. The first-order chi connectivity index (χ1) is 11.7. The first-order valence-electron chi connectivity index (χ1n) is 6.94. The van der Waals surface area contributed by atoms with Gasteiger partial charge in [0.05, 0.1) is 13.7 Å². The third-order valence-electron chi connectivity index (χ3n) is 3.65. The van der Waals surface area contributed by atoms with Crippen molar-refractivity contribution in [3.63, 3.8) is 0 Å². The second-order valence-electron chi connectivity index (χ2n) is 5.23. The Bertz CT molecular complexity index is 886. The number of aliphatic hydroxyl groups is 2. The Morgan fingerprint density at radius 3 is 2.72 bits per heavy atom. The van der Waals surface area contributed by atoms with Crippen LogP contribution in [0.15, 0.2) is 6.33 Å². The zero-order chi connectivity index (χ0) is 18.4. The Kier molecular flexibility index (Phi) is 4.48. The normalized spacial score (nSPS) is 27.0. The van der Waals surface area contributed by atoms with Crippen molar-refractivity contribution in [3.8, 4) is 5.88 Å². The van der Waals surface area contributed by atoms with Gasteiger partial charge in [0.25, 0.3) is 0 Å². The number of aromatic nitrogens is 4. The van der Waals surface area contributed by atoms with Gasteiger partial charge in [-0.3, -0.25) is 4.18 Å². The summed E-state index contributed by atoms with van der Waals surface area (Å²) in [6.45, 7) is -0.582. The fourth-order valence-corrected chi connectivity index (χ4v) is 2.84. The summed E-state index contributed by atoms with van der Waals surface area (Å²) in [5.74, 6) is 0.206. The Morgan fingerprint density at radius 2 is 2.08 bits per heavy atom. The Hall–Kier alpha value is -2.10. The zero-order valence-electron chi connectivity index (χ0n) is 12.9. The summed E-state index contributed by atoms with van der Waals surface area (Å²) < 4.78 is 37.9. The quantitative estimate of drug-likeness (QED) is 0.422. The maximum Gasteiger partial charge on any atom is 0.333 e. The first kappa shape index (κ1) is 17.7. The molecule has 0 saturated carbocycles. The molecule has 14 heteroatoms. The molecule has 0 aliphatic carbocycles. The average Bonchev–Trinajstić information content (AvgIpc) is 3.05. The molecule has 0 amide bonds. The van der Waals surface area contributed by atoms with Gasteiger partial charge in [-0.2, -0.15) is 8.42 Å². The van der Waals surface area contributed by atoms with E-state index in [4.69, 9.17) is 20.3 Å². The van der Waals surface area contributed by atoms with Crippen LogP contribution in [0.4, 0.5) is 5.82 Å². The molecule has 2 aromatic heterocycles. The predicted molar refractivity (Wildman–Crippen MR) is 81.3 cm³/mol. The number of rotatable bonds is 5. The molecule has 13 nitrogen and oxygen atoms in total. The molecule has 0 spiro atoms. The van der Waals surface area contributed by atoms with Crippen molar-refractivity contribution in [3.05, 3.63) is 6.33 Å². The maximum absolute atomic E-state index is 10.9. The molecule has 3 heterocycles. The van der Waals surface area contributed by atoms with Crippen LogP contribution in [0.1, 0.15) is 6.23 Å². The van der Waals surface area contributed by atoms with Crippen molar-refractivity contribution in [2.45, 2.75) is 24.5 Å². The number of nitrogens with two attached hydrogens (primary N) is 2. The van der Waals surface area contributed by atoms with Crippen molar-refractivity contribution in [1.82, 2.24) is 19.7 Å². The zero-order valence-corrected chi connectivity index (χ0v) is 13.7. The van der Waals surface area contributed by atoms with E-state index in [0.717, 1.165) is 4.68 Å². The number of hydrogen-bond acceptors (Lipinski definition) is 11. The topological polar surface area (TPSA) is 198 Å². The second-order valence-corrected chi connectivity index (χ2v) is 6.46. The lowest BCUT2D eigenvalue weighted by Gasteiger charge is -2.15. The predicted octanol–water partition coefficient (Wildman–Crippen LogP) is -2.74. The molecule has 1 aliphatic heterocycles. The summed E-state index contributed by atoms with van der Waals surface area (Å²) in [6.07, 6.45) is -4.06. The summed E-state index contributed by atoms with van der Waals surface area (Å²) >= 11 is 0. The van der Waals surface area contributed by atoms with Gasteiger partial charge in [-0.15, -0.1) is 5.10 Å². The van der Waals surface area contributed by atoms with Crippen molar-refractivity contribution < 1.29 is 32.3 Å². The van der Waals surface area contributed by atoms with Crippen LogP contribution in [0.3, 0.4) is 0 Å². The van der Waals surface area contributed by atoms with Crippen LogP contribution in [0.2, 0.25) is 0 Å². The molecular formula is C11H16N6O7S. The van der Waals surface area contributed by atoms with Crippen molar-refractivity contribution in [1.29, 1.82) is 0 Å². The molecular weight excluding hydrogens is 360 g/mol. The first-order valence-corrected chi connectivity index (χ1v) is 8.41. The van der Waals surface area contributed by atoms with Crippen LogP contribution in [0, 0.1) is 0 Å². The van der Waals surface area contributed by atoms with E-state index in [-0.39, 0.29) is 17.3 Å². The minimum Gasteiger partial charge on any atom is -0.479 e. The van der Waals surface area contributed by atoms with Crippen LogP contribution in [0.5, 0.6) is 5.88 Å². The number of fused-ring (bicyclic) bond motifs is 1. The molecule has 1 aliphatic rings. The Balaban J connectivity index is 1.94. The van der Waals surface area contributed by atoms with E-state index < -0.39 is 41.5 Å². The van der Waals surface area contributed by atoms with E-state index in [1.165, 1.54) is 13.4 Å². The van der Waals surface area contributed by atoms with E-state index in [0.29, 0.717) is 5.39 Å². The number of nitrogens with zero attached hydrogens (tertiary/aromatic N) is 4. The molecule has 138 valence electrons. The van der Waals surface area contributed by atoms with Crippen LogP contribution in [0.25, 0.3) is 11.0 Å². The van der Waals surface area contributed by atoms with E-state index in [2.05, 4.69) is 19.2 Å². The highest BCUT2D eigenvalue weighted by atomic mass is 32.2. The molecule has 3 rings (SSSR count). The minimum absolute atomic E-state index is 0.0997. The van der Waals surface area contributed by atoms with E-state index in [1.807, 2.05) is 0 Å². The van der Waals surface area contributed by atoms with Crippen LogP contribution >= 0.6 is 0 Å². The van der Waals surface area contributed by atoms with E-state index in [1.54, 1.807) is 0 Å². The third-order valence-corrected chi connectivity index (χ3v) is 4.12. The molecule has 2 aromatic rings. The average molecular weight is 376 g/mol. The third kappa shape index (κ3) is 3.22. The molecule has 0 unspecified atom stereocenters. The van der Waals surface area contributed by atoms with E-state index in [9.17, 15) is 18.6 Å². The van der Waals surface area contributed by atoms with Crippen LogP contribution in [-0.4, -0.2) is 70.4 Å². The van der Waals surface area contributed by atoms with Gasteiger partial charge < -0.3 is 25.4 Å². The van der Waals surface area contributed by atoms with E-state index >= 15 is 0 Å². The number of anilines is 1. The molecule has 0 radical (unpaired) electrons. The molecule has 25 heavy (non-hydrogen) atoms.